The van der Waals surface area contributed by atoms with Crippen molar-refractivity contribution in [2.75, 3.05) is 26.5 Å². The topological polar surface area (TPSA) is 68.9 Å². The van der Waals surface area contributed by atoms with E-state index in [1.807, 2.05) is 18.2 Å². The molecular formula is C19H25FIN3O2S. The molecule has 0 amide bonds. The van der Waals surface area contributed by atoms with Gasteiger partial charge in [-0.3, -0.25) is 0 Å². The second kappa shape index (κ2) is 12.7. The lowest BCUT2D eigenvalue weighted by Crippen LogP contribution is -2.32. The zero-order valence-electron chi connectivity index (χ0n) is 15.4. The summed E-state index contributed by atoms with van der Waals surface area (Å²) in [6, 6.07) is 12.2. The Hall–Kier alpha value is -1.68. The van der Waals surface area contributed by atoms with Crippen molar-refractivity contribution in [1.82, 2.24) is 5.32 Å². The Morgan fingerprint density at radius 2 is 1.81 bits per heavy atom. The van der Waals surface area contributed by atoms with Crippen LogP contribution in [-0.2, 0) is 6.54 Å². The normalized spacial score (nSPS) is 10.9. The predicted molar refractivity (Wildman–Crippen MR) is 120 cm³/mol. The van der Waals surface area contributed by atoms with Gasteiger partial charge in [-0.15, -0.1) is 35.7 Å². The third-order valence-corrected chi connectivity index (χ3v) is 4.69. The Bertz CT molecular complexity index is 729. The fraction of sp³-hybridized carbons (Fsp3) is 0.316. The monoisotopic (exact) mass is 505 g/mol. The summed E-state index contributed by atoms with van der Waals surface area (Å²) in [5.74, 6) is 2.47. The first-order valence-electron chi connectivity index (χ1n) is 8.25. The maximum Gasteiger partial charge on any atom is 0.188 e. The number of hydrogen-bond acceptors (Lipinski definition) is 4. The highest BCUT2D eigenvalue weighted by molar-refractivity contribution is 14.0. The van der Waals surface area contributed by atoms with Crippen molar-refractivity contribution in [1.29, 1.82) is 0 Å². The minimum Gasteiger partial charge on any atom is -0.493 e. The molecule has 0 aliphatic heterocycles. The molecule has 27 heavy (non-hydrogen) atoms. The number of nitrogens with one attached hydrogen (secondary N) is 1. The van der Waals surface area contributed by atoms with Gasteiger partial charge in [-0.2, -0.15) is 0 Å². The molecule has 0 saturated carbocycles. The fourth-order valence-electron chi connectivity index (χ4n) is 2.22. The largest absolute Gasteiger partial charge is 0.493 e. The van der Waals surface area contributed by atoms with Crippen LogP contribution in [0.5, 0.6) is 11.5 Å². The third-order valence-electron chi connectivity index (χ3n) is 3.59. The number of halogens is 2. The van der Waals surface area contributed by atoms with E-state index in [9.17, 15) is 4.39 Å². The molecule has 0 atom stereocenters. The van der Waals surface area contributed by atoms with E-state index in [1.165, 1.54) is 12.1 Å². The van der Waals surface area contributed by atoms with Gasteiger partial charge < -0.3 is 20.5 Å². The zero-order chi connectivity index (χ0) is 18.8. The summed E-state index contributed by atoms with van der Waals surface area (Å²) in [5.41, 5.74) is 6.88. The smallest absolute Gasteiger partial charge is 0.188 e. The number of nitrogens with zero attached hydrogens (tertiary/aromatic N) is 1. The number of rotatable bonds is 9. The number of benzene rings is 2. The molecule has 2 rings (SSSR count). The highest BCUT2D eigenvalue weighted by atomic mass is 127. The number of nitrogens with two attached hydrogens (primary N) is 1. The van der Waals surface area contributed by atoms with E-state index >= 15 is 0 Å². The Morgan fingerprint density at radius 1 is 1.11 bits per heavy atom. The lowest BCUT2D eigenvalue weighted by Gasteiger charge is -2.09. The van der Waals surface area contributed by atoms with Crippen molar-refractivity contribution in [3.8, 4) is 11.5 Å². The van der Waals surface area contributed by atoms with Crippen LogP contribution in [0.4, 0.5) is 4.39 Å². The van der Waals surface area contributed by atoms with E-state index in [0.29, 0.717) is 24.0 Å². The molecule has 0 heterocycles. The van der Waals surface area contributed by atoms with E-state index in [2.05, 4.69) is 10.3 Å². The van der Waals surface area contributed by atoms with Gasteiger partial charge in [0.15, 0.2) is 17.5 Å². The zero-order valence-corrected chi connectivity index (χ0v) is 18.6. The quantitative estimate of drug-likeness (QED) is 0.177. The van der Waals surface area contributed by atoms with Gasteiger partial charge in [-0.05, 0) is 54.1 Å². The minimum atomic E-state index is -0.213. The van der Waals surface area contributed by atoms with Gasteiger partial charge in [-0.25, -0.2) is 9.38 Å². The second-order valence-corrected chi connectivity index (χ2v) is 6.64. The molecule has 0 saturated heterocycles. The van der Waals surface area contributed by atoms with Crippen molar-refractivity contribution in [3.63, 3.8) is 0 Å². The Morgan fingerprint density at radius 3 is 2.48 bits per heavy atom. The van der Waals surface area contributed by atoms with E-state index in [0.717, 1.165) is 29.2 Å². The third kappa shape index (κ3) is 8.25. The highest BCUT2D eigenvalue weighted by Gasteiger charge is 2.04. The SMILES string of the molecule is COc1ccc(CN=C(N)NCCCSc2ccc(F)cc2)cc1OC.I. The average Bonchev–Trinajstić information content (AvgIpc) is 2.67. The summed E-state index contributed by atoms with van der Waals surface area (Å²) in [6.45, 7) is 1.19. The van der Waals surface area contributed by atoms with E-state index < -0.39 is 0 Å². The molecule has 8 heteroatoms. The summed E-state index contributed by atoms with van der Waals surface area (Å²) < 4.78 is 23.3. The van der Waals surface area contributed by atoms with Crippen LogP contribution in [-0.4, -0.2) is 32.5 Å². The van der Waals surface area contributed by atoms with Gasteiger partial charge in [-0.1, -0.05) is 6.07 Å². The van der Waals surface area contributed by atoms with Gasteiger partial charge in [0.1, 0.15) is 5.82 Å². The number of ether oxygens (including phenoxy) is 2. The molecule has 0 aromatic heterocycles. The maximum atomic E-state index is 12.8. The molecule has 0 aliphatic rings. The van der Waals surface area contributed by atoms with Crippen molar-refractivity contribution < 1.29 is 13.9 Å². The molecule has 2 aromatic rings. The summed E-state index contributed by atoms with van der Waals surface area (Å²) in [7, 11) is 3.21. The molecule has 0 fully saturated rings. The second-order valence-electron chi connectivity index (χ2n) is 5.47. The first kappa shape index (κ1) is 23.4. The van der Waals surface area contributed by atoms with Crippen LogP contribution in [0.25, 0.3) is 0 Å². The number of aliphatic imine (C=N–C) groups is 1. The predicted octanol–water partition coefficient (Wildman–Crippen LogP) is 4.05. The van der Waals surface area contributed by atoms with Crippen molar-refractivity contribution in [3.05, 3.63) is 53.8 Å². The van der Waals surface area contributed by atoms with Crippen LogP contribution in [0, 0.1) is 5.82 Å². The number of guanidine groups is 1. The number of methoxy groups -OCH3 is 2. The molecular weight excluding hydrogens is 480 g/mol. The summed E-state index contributed by atoms with van der Waals surface area (Å²) in [5, 5.41) is 3.10. The molecule has 0 unspecified atom stereocenters. The van der Waals surface area contributed by atoms with E-state index in [-0.39, 0.29) is 29.8 Å². The van der Waals surface area contributed by atoms with Gasteiger partial charge in [0.2, 0.25) is 0 Å². The van der Waals surface area contributed by atoms with Crippen LogP contribution in [0.2, 0.25) is 0 Å². The fourth-order valence-corrected chi connectivity index (χ4v) is 3.07. The molecule has 0 radical (unpaired) electrons. The summed E-state index contributed by atoms with van der Waals surface area (Å²) >= 11 is 1.69. The van der Waals surface area contributed by atoms with Crippen molar-refractivity contribution >= 4 is 41.7 Å². The summed E-state index contributed by atoms with van der Waals surface area (Å²) in [6.07, 6.45) is 0.925. The Labute approximate surface area is 180 Å². The first-order chi connectivity index (χ1) is 12.6. The van der Waals surface area contributed by atoms with Crippen molar-refractivity contribution in [2.45, 2.75) is 17.9 Å². The molecule has 0 bridgehead atoms. The van der Waals surface area contributed by atoms with Crippen LogP contribution in [0.15, 0.2) is 52.4 Å². The molecule has 2 aromatic carbocycles. The molecule has 0 aliphatic carbocycles. The van der Waals surface area contributed by atoms with Gasteiger partial charge in [0.25, 0.3) is 0 Å². The van der Waals surface area contributed by atoms with Crippen LogP contribution in [0.3, 0.4) is 0 Å². The van der Waals surface area contributed by atoms with Crippen LogP contribution < -0.4 is 20.5 Å². The molecule has 5 nitrogen and oxygen atoms in total. The lowest BCUT2D eigenvalue weighted by atomic mass is 10.2. The Balaban J connectivity index is 0.00000364. The summed E-state index contributed by atoms with van der Waals surface area (Å²) in [4.78, 5) is 5.39. The maximum absolute atomic E-state index is 12.8. The van der Waals surface area contributed by atoms with E-state index in [1.54, 1.807) is 38.1 Å². The Kier molecular flexibility index (Phi) is 11.0. The molecule has 0 spiro atoms. The highest BCUT2D eigenvalue weighted by Crippen LogP contribution is 2.27. The average molecular weight is 505 g/mol. The van der Waals surface area contributed by atoms with Crippen LogP contribution >= 0.6 is 35.7 Å². The molecule has 3 N–H and O–H groups in total. The van der Waals surface area contributed by atoms with Gasteiger partial charge in [0.05, 0.1) is 20.8 Å². The van der Waals surface area contributed by atoms with Crippen LogP contribution in [0.1, 0.15) is 12.0 Å². The molecule has 148 valence electrons. The van der Waals surface area contributed by atoms with Gasteiger partial charge >= 0.3 is 0 Å². The standard InChI is InChI=1S/C19H24FN3O2S.HI/c1-24-17-9-4-14(12-18(17)25-2)13-23-19(21)22-10-3-11-26-16-7-5-15(20)6-8-16;/h4-9,12H,3,10-11,13H2,1-2H3,(H3,21,22,23);1H. The number of thioether (sulfide) groups is 1. The van der Waals surface area contributed by atoms with Gasteiger partial charge in [0, 0.05) is 11.4 Å². The van der Waals surface area contributed by atoms with E-state index in [4.69, 9.17) is 15.2 Å². The minimum absolute atomic E-state index is 0. The lowest BCUT2D eigenvalue weighted by molar-refractivity contribution is 0.354. The van der Waals surface area contributed by atoms with Crippen molar-refractivity contribution in [2.24, 2.45) is 10.7 Å². The number of hydrogen-bond donors (Lipinski definition) is 2. The first-order valence-corrected chi connectivity index (χ1v) is 9.24.